The molecule has 0 fully saturated rings. The largest absolute Gasteiger partial charge is 0.374 e. The van der Waals surface area contributed by atoms with Gasteiger partial charge in [0.2, 0.25) is 0 Å². The Bertz CT molecular complexity index is 740. The second-order valence-corrected chi connectivity index (χ2v) is 7.36. The van der Waals surface area contributed by atoms with Crippen LogP contribution in [0.25, 0.3) is 0 Å². The number of rotatable bonds is 7. The lowest BCUT2D eigenvalue weighted by molar-refractivity contribution is -0.116. The predicted molar refractivity (Wildman–Crippen MR) is 97.4 cm³/mol. The molecule has 2 aromatic carbocycles. The van der Waals surface area contributed by atoms with E-state index in [4.69, 9.17) is 14.2 Å². The summed E-state index contributed by atoms with van der Waals surface area (Å²) in [7, 11) is 0.279. The fourth-order valence-electron chi connectivity index (χ4n) is 2.59. The SMILES string of the molecule is CO[C@H]1C=C([S@@](=O)c2ccc(C)cc2)[C@@H](COCc2ccccc2)O1. The van der Waals surface area contributed by atoms with Gasteiger partial charge in [-0.1, -0.05) is 48.0 Å². The van der Waals surface area contributed by atoms with Crippen LogP contribution in [0.4, 0.5) is 0 Å². The van der Waals surface area contributed by atoms with Crippen LogP contribution in [-0.4, -0.2) is 30.3 Å². The van der Waals surface area contributed by atoms with Gasteiger partial charge in [-0.15, -0.1) is 0 Å². The molecule has 0 N–H and O–H groups in total. The fourth-order valence-corrected chi connectivity index (χ4v) is 3.84. The quantitative estimate of drug-likeness (QED) is 0.759. The average Bonchev–Trinajstić information content (AvgIpc) is 3.06. The third kappa shape index (κ3) is 4.64. The van der Waals surface area contributed by atoms with E-state index in [1.807, 2.05) is 61.5 Å². The minimum absolute atomic E-state index is 0.332. The van der Waals surface area contributed by atoms with Crippen molar-refractivity contribution in [2.24, 2.45) is 0 Å². The molecular weight excluding hydrogens is 336 g/mol. The van der Waals surface area contributed by atoms with Gasteiger partial charge in [0.25, 0.3) is 0 Å². The monoisotopic (exact) mass is 358 g/mol. The topological polar surface area (TPSA) is 44.8 Å². The molecule has 0 unspecified atom stereocenters. The first-order valence-corrected chi connectivity index (χ1v) is 9.32. The van der Waals surface area contributed by atoms with Crippen molar-refractivity contribution in [3.05, 3.63) is 76.7 Å². The van der Waals surface area contributed by atoms with Crippen LogP contribution < -0.4 is 0 Å². The third-order valence-corrected chi connectivity index (χ3v) is 5.51. The van der Waals surface area contributed by atoms with Crippen molar-refractivity contribution in [3.8, 4) is 0 Å². The van der Waals surface area contributed by atoms with Crippen LogP contribution in [0.1, 0.15) is 11.1 Å². The predicted octanol–water partition coefficient (Wildman–Crippen LogP) is 3.57. The highest BCUT2D eigenvalue weighted by Crippen LogP contribution is 2.28. The van der Waals surface area contributed by atoms with E-state index < -0.39 is 17.1 Å². The van der Waals surface area contributed by atoms with Gasteiger partial charge in [0.05, 0.1) is 28.9 Å². The summed E-state index contributed by atoms with van der Waals surface area (Å²) in [6.07, 6.45) is 0.914. The lowest BCUT2D eigenvalue weighted by Gasteiger charge is -2.16. The normalized spacial score (nSPS) is 21.1. The van der Waals surface area contributed by atoms with Gasteiger partial charge >= 0.3 is 0 Å². The molecule has 0 amide bonds. The number of methoxy groups -OCH3 is 1. The Labute approximate surface area is 150 Å². The molecule has 0 saturated heterocycles. The Hall–Kier alpha value is -1.79. The van der Waals surface area contributed by atoms with Crippen molar-refractivity contribution in [2.45, 2.75) is 30.8 Å². The molecule has 1 aliphatic heterocycles. The smallest absolute Gasteiger partial charge is 0.178 e. The lowest BCUT2D eigenvalue weighted by atomic mass is 10.2. The van der Waals surface area contributed by atoms with Gasteiger partial charge in [0.1, 0.15) is 6.10 Å². The molecule has 5 heteroatoms. The molecule has 0 spiro atoms. The number of ether oxygens (including phenoxy) is 3. The third-order valence-electron chi connectivity index (χ3n) is 3.98. The Morgan fingerprint density at radius 2 is 1.80 bits per heavy atom. The summed E-state index contributed by atoms with van der Waals surface area (Å²) in [5, 5.41) is 0. The molecule has 2 aromatic rings. The summed E-state index contributed by atoms with van der Waals surface area (Å²) >= 11 is 0. The van der Waals surface area contributed by atoms with Crippen LogP contribution in [0.2, 0.25) is 0 Å². The zero-order valence-electron chi connectivity index (χ0n) is 14.4. The second-order valence-electron chi connectivity index (χ2n) is 5.88. The van der Waals surface area contributed by atoms with Gasteiger partial charge in [-0.3, -0.25) is 0 Å². The van der Waals surface area contributed by atoms with Crippen molar-refractivity contribution in [1.29, 1.82) is 0 Å². The van der Waals surface area contributed by atoms with Crippen LogP contribution in [-0.2, 0) is 31.6 Å². The summed E-state index contributed by atoms with van der Waals surface area (Å²) < 4.78 is 29.7. The Balaban J connectivity index is 1.66. The van der Waals surface area contributed by atoms with Gasteiger partial charge < -0.3 is 14.2 Å². The number of benzene rings is 2. The maximum Gasteiger partial charge on any atom is 0.178 e. The van der Waals surface area contributed by atoms with Crippen molar-refractivity contribution < 1.29 is 18.4 Å². The zero-order valence-corrected chi connectivity index (χ0v) is 15.2. The van der Waals surface area contributed by atoms with Crippen molar-refractivity contribution in [2.75, 3.05) is 13.7 Å². The summed E-state index contributed by atoms with van der Waals surface area (Å²) in [6, 6.07) is 17.6. The number of hydrogen-bond acceptors (Lipinski definition) is 4. The first-order valence-electron chi connectivity index (χ1n) is 8.17. The molecule has 0 aliphatic carbocycles. The Morgan fingerprint density at radius 1 is 1.08 bits per heavy atom. The minimum Gasteiger partial charge on any atom is -0.374 e. The maximum atomic E-state index is 12.9. The second kappa shape index (κ2) is 8.54. The van der Waals surface area contributed by atoms with E-state index in [-0.39, 0.29) is 6.10 Å². The van der Waals surface area contributed by atoms with Crippen LogP contribution in [0, 0.1) is 6.92 Å². The van der Waals surface area contributed by atoms with Crippen molar-refractivity contribution in [1.82, 2.24) is 0 Å². The zero-order chi connectivity index (χ0) is 17.6. The van der Waals surface area contributed by atoms with Crippen LogP contribution in [0.3, 0.4) is 0 Å². The van der Waals surface area contributed by atoms with E-state index in [9.17, 15) is 4.21 Å². The van der Waals surface area contributed by atoms with Crippen molar-refractivity contribution >= 4 is 10.8 Å². The van der Waals surface area contributed by atoms with Gasteiger partial charge in [-0.05, 0) is 30.7 Å². The summed E-state index contributed by atoms with van der Waals surface area (Å²) in [4.78, 5) is 1.45. The van der Waals surface area contributed by atoms with Gasteiger partial charge in [0, 0.05) is 12.0 Å². The van der Waals surface area contributed by atoms with Gasteiger partial charge in [-0.25, -0.2) is 4.21 Å². The van der Waals surface area contributed by atoms with Crippen molar-refractivity contribution in [3.63, 3.8) is 0 Å². The van der Waals surface area contributed by atoms with Crippen LogP contribution in [0.5, 0.6) is 0 Å². The molecule has 25 heavy (non-hydrogen) atoms. The van der Waals surface area contributed by atoms with E-state index in [2.05, 4.69) is 0 Å². The standard InChI is InChI=1S/C20H22O4S/c1-15-8-10-17(11-9-15)25(21)19-12-20(22-2)24-18(19)14-23-13-16-6-4-3-5-7-16/h3-12,18,20H,13-14H2,1-2H3/t18-,20-,25+/m1/s1. The van der Waals surface area contributed by atoms with E-state index in [0.717, 1.165) is 16.0 Å². The number of aryl methyl sites for hydroxylation is 1. The molecule has 132 valence electrons. The van der Waals surface area contributed by atoms with Gasteiger partial charge in [0.15, 0.2) is 6.29 Å². The first kappa shape index (κ1) is 18.0. The molecule has 0 saturated carbocycles. The molecule has 3 atom stereocenters. The number of hydrogen-bond donors (Lipinski definition) is 0. The highest BCUT2D eigenvalue weighted by molar-refractivity contribution is 7.89. The molecule has 4 nitrogen and oxygen atoms in total. The maximum absolute atomic E-state index is 12.9. The summed E-state index contributed by atoms with van der Waals surface area (Å²) in [5.74, 6) is 0. The molecular formula is C20H22O4S. The molecule has 1 aliphatic rings. The molecule has 0 aromatic heterocycles. The molecule has 3 rings (SSSR count). The Morgan fingerprint density at radius 3 is 2.48 bits per heavy atom. The van der Waals surface area contributed by atoms with E-state index in [0.29, 0.717) is 18.1 Å². The van der Waals surface area contributed by atoms with E-state index >= 15 is 0 Å². The fraction of sp³-hybridized carbons (Fsp3) is 0.300. The minimum atomic E-state index is -1.29. The highest BCUT2D eigenvalue weighted by Gasteiger charge is 2.31. The molecule has 1 heterocycles. The lowest BCUT2D eigenvalue weighted by Crippen LogP contribution is -2.23. The summed E-state index contributed by atoms with van der Waals surface area (Å²) in [5.41, 5.74) is 2.23. The van der Waals surface area contributed by atoms with E-state index in [1.54, 1.807) is 13.2 Å². The average molecular weight is 358 g/mol. The Kier molecular flexibility index (Phi) is 6.15. The highest BCUT2D eigenvalue weighted by atomic mass is 32.2. The van der Waals surface area contributed by atoms with Gasteiger partial charge in [-0.2, -0.15) is 0 Å². The molecule has 0 radical (unpaired) electrons. The van der Waals surface area contributed by atoms with E-state index in [1.165, 1.54) is 0 Å². The van der Waals surface area contributed by atoms with Crippen LogP contribution >= 0.6 is 0 Å². The molecule has 0 bridgehead atoms. The van der Waals surface area contributed by atoms with Crippen LogP contribution in [0.15, 0.2) is 70.5 Å². The summed E-state index contributed by atoms with van der Waals surface area (Å²) in [6.45, 7) is 2.83. The first-order chi connectivity index (χ1) is 12.2.